The minimum Gasteiger partial charge on any atom is -0.376 e. The lowest BCUT2D eigenvalue weighted by atomic mass is 10.1. The molecule has 0 aliphatic heterocycles. The fourth-order valence-electron chi connectivity index (χ4n) is 3.19. The lowest BCUT2D eigenvalue weighted by Gasteiger charge is -2.29. The van der Waals surface area contributed by atoms with Crippen LogP contribution in [0.5, 0.6) is 0 Å². The van der Waals surface area contributed by atoms with Crippen LogP contribution >= 0.6 is 22.6 Å². The van der Waals surface area contributed by atoms with E-state index in [4.69, 9.17) is 14.2 Å². The predicted molar refractivity (Wildman–Crippen MR) is 134 cm³/mol. The summed E-state index contributed by atoms with van der Waals surface area (Å²) >= 11 is 2.40. The molecule has 3 nitrogen and oxygen atoms in total. The fourth-order valence-corrected chi connectivity index (χ4v) is 4.06. The molecule has 0 N–H and O–H groups in total. The van der Waals surface area contributed by atoms with Crippen molar-refractivity contribution in [2.45, 2.75) is 36.0 Å². The molecule has 0 radical (unpaired) electrons. The molecule has 3 aromatic rings. The first-order chi connectivity index (χ1) is 15.3. The molecule has 0 unspecified atom stereocenters. The average molecular weight is 528 g/mol. The molecule has 0 spiro atoms. The van der Waals surface area contributed by atoms with Gasteiger partial charge in [0.1, 0.15) is 12.2 Å². The Morgan fingerprint density at radius 2 is 1.13 bits per heavy atom. The third-order valence-electron chi connectivity index (χ3n) is 4.87. The van der Waals surface area contributed by atoms with Crippen LogP contribution in [-0.2, 0) is 34.0 Å². The second kappa shape index (κ2) is 13.4. The highest BCUT2D eigenvalue weighted by Gasteiger charge is 2.28. The molecule has 162 valence electrons. The predicted octanol–water partition coefficient (Wildman–Crippen LogP) is 6.36. The van der Waals surface area contributed by atoms with Crippen LogP contribution in [0.4, 0.5) is 0 Å². The number of ether oxygens (including phenoxy) is 3. The number of hydrogen-bond acceptors (Lipinski definition) is 3. The minimum absolute atomic E-state index is 0.101. The molecule has 0 saturated carbocycles. The molecular weight excluding hydrogens is 499 g/mol. The third-order valence-corrected chi connectivity index (χ3v) is 5.94. The molecule has 0 aliphatic carbocycles. The van der Waals surface area contributed by atoms with Crippen molar-refractivity contribution in [1.29, 1.82) is 0 Å². The summed E-state index contributed by atoms with van der Waals surface area (Å²) in [7, 11) is 0. The van der Waals surface area contributed by atoms with Crippen LogP contribution in [0.2, 0.25) is 0 Å². The van der Waals surface area contributed by atoms with Gasteiger partial charge in [-0.2, -0.15) is 0 Å². The number of rotatable bonds is 13. The molecule has 0 saturated heterocycles. The van der Waals surface area contributed by atoms with Gasteiger partial charge in [0.05, 0.1) is 30.4 Å². The monoisotopic (exact) mass is 528 g/mol. The molecule has 31 heavy (non-hydrogen) atoms. The quantitative estimate of drug-likeness (QED) is 0.147. The first-order valence-electron chi connectivity index (χ1n) is 10.5. The van der Waals surface area contributed by atoms with E-state index in [1.54, 1.807) is 0 Å². The molecule has 4 heteroatoms. The summed E-state index contributed by atoms with van der Waals surface area (Å²) in [6.07, 6.45) is 1.41. The maximum absolute atomic E-state index is 6.35. The van der Waals surface area contributed by atoms with Crippen molar-refractivity contribution < 1.29 is 14.2 Å². The van der Waals surface area contributed by atoms with E-state index in [2.05, 4.69) is 65.6 Å². The van der Waals surface area contributed by atoms with E-state index in [0.717, 1.165) is 16.7 Å². The average Bonchev–Trinajstić information content (AvgIpc) is 2.83. The summed E-state index contributed by atoms with van der Waals surface area (Å²) in [4.78, 5) is 0. The lowest BCUT2D eigenvalue weighted by molar-refractivity contribution is -0.0710. The molecule has 3 aromatic carbocycles. The number of alkyl halides is 1. The fraction of sp³-hybridized carbons (Fsp3) is 0.259. The second-order valence-electron chi connectivity index (χ2n) is 7.27. The van der Waals surface area contributed by atoms with Crippen LogP contribution in [-0.4, -0.2) is 22.7 Å². The van der Waals surface area contributed by atoms with Crippen LogP contribution in [0.15, 0.2) is 104 Å². The number of halogens is 1. The zero-order valence-corrected chi connectivity index (χ0v) is 19.8. The molecule has 0 heterocycles. The second-order valence-corrected chi connectivity index (χ2v) is 8.87. The molecular formula is C27H29IO3. The van der Waals surface area contributed by atoms with Gasteiger partial charge in [0.2, 0.25) is 0 Å². The van der Waals surface area contributed by atoms with Gasteiger partial charge in [-0.3, -0.25) is 0 Å². The van der Waals surface area contributed by atoms with Crippen molar-refractivity contribution in [2.75, 3.05) is 6.61 Å². The van der Waals surface area contributed by atoms with E-state index in [0.29, 0.717) is 26.4 Å². The molecule has 0 bridgehead atoms. The normalized spacial score (nSPS) is 14.0. The Hall–Kier alpha value is -1.99. The molecule has 3 atom stereocenters. The van der Waals surface area contributed by atoms with Gasteiger partial charge in [0.25, 0.3) is 0 Å². The molecule has 0 amide bonds. The molecule has 3 rings (SSSR count). The Balaban J connectivity index is 1.62. The van der Waals surface area contributed by atoms with E-state index in [1.165, 1.54) is 0 Å². The first kappa shape index (κ1) is 23.7. The number of hydrogen-bond donors (Lipinski definition) is 0. The van der Waals surface area contributed by atoms with Gasteiger partial charge in [-0.25, -0.2) is 0 Å². The molecule has 0 aliphatic rings. The smallest absolute Gasteiger partial charge is 0.103 e. The standard InChI is InChI=1S/C27H29IO3/c1-2-26(30-19-23-14-8-4-9-15-23)27(31-20-24-16-10-5-11-17-24)25(28)21-29-18-22-12-6-3-7-13-22/h2-17,25-27H,1,18-21H2/t25-,26+,27+/m1/s1. The summed E-state index contributed by atoms with van der Waals surface area (Å²) in [6.45, 7) is 6.18. The summed E-state index contributed by atoms with van der Waals surface area (Å²) < 4.78 is 18.7. The summed E-state index contributed by atoms with van der Waals surface area (Å²) in [5.74, 6) is 0. The van der Waals surface area contributed by atoms with Gasteiger partial charge in [-0.15, -0.1) is 6.58 Å². The summed E-state index contributed by atoms with van der Waals surface area (Å²) in [5, 5.41) is 0. The van der Waals surface area contributed by atoms with Gasteiger partial charge >= 0.3 is 0 Å². The third kappa shape index (κ3) is 8.22. The van der Waals surface area contributed by atoms with Crippen molar-refractivity contribution in [2.24, 2.45) is 0 Å². The zero-order valence-electron chi connectivity index (χ0n) is 17.6. The van der Waals surface area contributed by atoms with Gasteiger partial charge < -0.3 is 14.2 Å². The first-order valence-corrected chi connectivity index (χ1v) is 11.7. The Morgan fingerprint density at radius 1 is 0.677 bits per heavy atom. The largest absolute Gasteiger partial charge is 0.376 e. The summed E-state index contributed by atoms with van der Waals surface area (Å²) in [6, 6.07) is 30.6. The van der Waals surface area contributed by atoms with Crippen molar-refractivity contribution in [3.63, 3.8) is 0 Å². The van der Waals surface area contributed by atoms with Crippen LogP contribution in [0.3, 0.4) is 0 Å². The van der Waals surface area contributed by atoms with E-state index < -0.39 is 0 Å². The highest BCUT2D eigenvalue weighted by atomic mass is 127. The Kier molecular flexibility index (Phi) is 10.3. The van der Waals surface area contributed by atoms with Crippen LogP contribution in [0.25, 0.3) is 0 Å². The van der Waals surface area contributed by atoms with E-state index in [-0.39, 0.29) is 16.1 Å². The minimum atomic E-state index is -0.244. The van der Waals surface area contributed by atoms with Crippen molar-refractivity contribution in [1.82, 2.24) is 0 Å². The highest BCUT2D eigenvalue weighted by molar-refractivity contribution is 14.1. The van der Waals surface area contributed by atoms with Crippen molar-refractivity contribution >= 4 is 22.6 Å². The van der Waals surface area contributed by atoms with Gasteiger partial charge in [-0.05, 0) is 16.7 Å². The summed E-state index contributed by atoms with van der Waals surface area (Å²) in [5.41, 5.74) is 3.42. The molecule has 0 aromatic heterocycles. The van der Waals surface area contributed by atoms with E-state index in [9.17, 15) is 0 Å². The Labute approximate surface area is 199 Å². The van der Waals surface area contributed by atoms with Crippen molar-refractivity contribution in [3.8, 4) is 0 Å². The van der Waals surface area contributed by atoms with Gasteiger partial charge in [0, 0.05) is 0 Å². The van der Waals surface area contributed by atoms with Crippen molar-refractivity contribution in [3.05, 3.63) is 120 Å². The maximum atomic E-state index is 6.35. The zero-order chi connectivity index (χ0) is 21.7. The topological polar surface area (TPSA) is 27.7 Å². The maximum Gasteiger partial charge on any atom is 0.103 e. The Bertz CT molecular complexity index is 871. The van der Waals surface area contributed by atoms with Crippen LogP contribution in [0.1, 0.15) is 16.7 Å². The van der Waals surface area contributed by atoms with Gasteiger partial charge in [-0.1, -0.05) is 120 Å². The highest BCUT2D eigenvalue weighted by Crippen LogP contribution is 2.21. The SMILES string of the molecule is C=C[C@H](OCc1ccccc1)[C@@H](OCc1ccccc1)[C@H](I)COCc1ccccc1. The van der Waals surface area contributed by atoms with Crippen LogP contribution in [0, 0.1) is 0 Å². The number of benzene rings is 3. The van der Waals surface area contributed by atoms with Crippen LogP contribution < -0.4 is 0 Å². The van der Waals surface area contributed by atoms with Gasteiger partial charge in [0.15, 0.2) is 0 Å². The molecule has 0 fully saturated rings. The van der Waals surface area contributed by atoms with E-state index in [1.807, 2.05) is 60.7 Å². The Morgan fingerprint density at radius 3 is 1.61 bits per heavy atom. The lowest BCUT2D eigenvalue weighted by Crippen LogP contribution is -2.39. The van der Waals surface area contributed by atoms with E-state index >= 15 is 0 Å².